The van der Waals surface area contributed by atoms with Crippen LogP contribution in [0, 0.1) is 0 Å². The zero-order valence-corrected chi connectivity index (χ0v) is 14.3. The number of carbonyl (C=O) groups is 2. The number of benzene rings is 2. The zero-order chi connectivity index (χ0) is 19.3. The molecule has 0 aliphatic heterocycles. The Hall–Kier alpha value is -3.24. The van der Waals surface area contributed by atoms with Crippen LogP contribution in [0.15, 0.2) is 52.5 Å². The van der Waals surface area contributed by atoms with E-state index in [4.69, 9.17) is 0 Å². The second-order valence-electron chi connectivity index (χ2n) is 5.13. The van der Waals surface area contributed by atoms with Crippen LogP contribution in [-0.4, -0.2) is 36.2 Å². The van der Waals surface area contributed by atoms with Gasteiger partial charge in [0.1, 0.15) is 4.90 Å². The minimum atomic E-state index is -4.42. The third kappa shape index (κ3) is 4.88. The average Bonchev–Trinajstić information content (AvgIpc) is 2.55. The molecule has 0 atom stereocenters. The van der Waals surface area contributed by atoms with E-state index in [1.54, 1.807) is 6.07 Å². The lowest BCUT2D eigenvalue weighted by molar-refractivity contribution is -0.114. The Morgan fingerprint density at radius 2 is 1.85 bits per heavy atom. The van der Waals surface area contributed by atoms with E-state index in [0.717, 1.165) is 6.21 Å². The third-order valence-corrected chi connectivity index (χ3v) is 4.08. The molecule has 0 spiro atoms. The number of nitrogens with one attached hydrogen (secondary N) is 2. The van der Waals surface area contributed by atoms with Crippen LogP contribution in [-0.2, 0) is 14.9 Å². The molecule has 0 bridgehead atoms. The Kier molecular flexibility index (Phi) is 5.70. The molecule has 0 aliphatic carbocycles. The summed E-state index contributed by atoms with van der Waals surface area (Å²) in [4.78, 5) is 22.1. The predicted octanol–water partition coefficient (Wildman–Crippen LogP) is 2.04. The van der Waals surface area contributed by atoms with Crippen molar-refractivity contribution in [1.82, 2.24) is 0 Å². The molecule has 0 aliphatic rings. The molecule has 136 valence electrons. The van der Waals surface area contributed by atoms with Crippen LogP contribution < -0.4 is 10.7 Å². The van der Waals surface area contributed by atoms with Crippen LogP contribution in [0.25, 0.3) is 0 Å². The van der Waals surface area contributed by atoms with Crippen LogP contribution in [0.4, 0.5) is 11.4 Å². The van der Waals surface area contributed by atoms with E-state index >= 15 is 0 Å². The minimum Gasteiger partial charge on any atom is -0.478 e. The quantitative estimate of drug-likeness (QED) is 0.342. The van der Waals surface area contributed by atoms with Gasteiger partial charge in [-0.15, -0.1) is 0 Å². The molecule has 9 nitrogen and oxygen atoms in total. The van der Waals surface area contributed by atoms with E-state index in [0.29, 0.717) is 5.69 Å². The summed E-state index contributed by atoms with van der Waals surface area (Å²) in [5.74, 6) is -1.59. The van der Waals surface area contributed by atoms with Gasteiger partial charge in [0.2, 0.25) is 5.91 Å². The van der Waals surface area contributed by atoms with Gasteiger partial charge in [-0.1, -0.05) is 18.2 Å². The predicted molar refractivity (Wildman–Crippen MR) is 95.2 cm³/mol. The van der Waals surface area contributed by atoms with Crippen molar-refractivity contribution in [3.63, 3.8) is 0 Å². The van der Waals surface area contributed by atoms with Crippen molar-refractivity contribution < 1.29 is 27.7 Å². The first-order valence-electron chi connectivity index (χ1n) is 7.19. The van der Waals surface area contributed by atoms with Crippen LogP contribution in [0.1, 0.15) is 22.8 Å². The van der Waals surface area contributed by atoms with Crippen molar-refractivity contribution in [3.8, 4) is 0 Å². The molecular weight excluding hydrogens is 362 g/mol. The highest BCUT2D eigenvalue weighted by molar-refractivity contribution is 7.86. The van der Waals surface area contributed by atoms with Crippen LogP contribution in [0.3, 0.4) is 0 Å². The van der Waals surface area contributed by atoms with Gasteiger partial charge in [-0.05, 0) is 24.3 Å². The fraction of sp³-hybridized carbons (Fsp3) is 0.0625. The van der Waals surface area contributed by atoms with Gasteiger partial charge in [0.05, 0.1) is 17.5 Å². The van der Waals surface area contributed by atoms with Crippen molar-refractivity contribution in [2.75, 3.05) is 10.7 Å². The standard InChI is InChI=1S/C16H15N3O6S/c1-10(20)18-12-6-7-14(13(8-12)16(21)22)19-17-9-11-4-2-3-5-15(11)26(23,24)25/h2-9,19H,1H3,(H,18,20)(H,21,22)(H,23,24,25). The number of nitrogens with zero attached hydrogens (tertiary/aromatic N) is 1. The number of amides is 1. The van der Waals surface area contributed by atoms with Gasteiger partial charge < -0.3 is 10.4 Å². The average molecular weight is 377 g/mol. The lowest BCUT2D eigenvalue weighted by Crippen LogP contribution is -2.09. The van der Waals surface area contributed by atoms with Gasteiger partial charge >= 0.3 is 5.97 Å². The van der Waals surface area contributed by atoms with Crippen molar-refractivity contribution >= 4 is 39.6 Å². The van der Waals surface area contributed by atoms with Crippen molar-refractivity contribution in [2.45, 2.75) is 11.8 Å². The Balaban J connectivity index is 2.29. The third-order valence-electron chi connectivity index (χ3n) is 3.16. The summed E-state index contributed by atoms with van der Waals surface area (Å²) in [6.45, 7) is 1.30. The van der Waals surface area contributed by atoms with Gasteiger partial charge in [-0.3, -0.25) is 14.8 Å². The first-order valence-corrected chi connectivity index (χ1v) is 8.63. The maximum Gasteiger partial charge on any atom is 0.337 e. The van der Waals surface area contributed by atoms with E-state index in [-0.39, 0.29) is 27.6 Å². The van der Waals surface area contributed by atoms with Gasteiger partial charge in [0, 0.05) is 18.2 Å². The smallest absolute Gasteiger partial charge is 0.337 e. The molecule has 0 radical (unpaired) electrons. The number of rotatable bonds is 6. The first kappa shape index (κ1) is 19.1. The van der Waals surface area contributed by atoms with E-state index in [2.05, 4.69) is 15.8 Å². The van der Waals surface area contributed by atoms with Gasteiger partial charge in [-0.25, -0.2) is 4.79 Å². The number of aromatic carboxylic acids is 1. The lowest BCUT2D eigenvalue weighted by atomic mass is 10.1. The molecule has 4 N–H and O–H groups in total. The second kappa shape index (κ2) is 7.76. The Morgan fingerprint density at radius 1 is 1.15 bits per heavy atom. The summed E-state index contributed by atoms with van der Waals surface area (Å²) in [5, 5.41) is 15.6. The molecule has 0 unspecified atom stereocenters. The number of anilines is 2. The monoisotopic (exact) mass is 377 g/mol. The number of hydrogen-bond acceptors (Lipinski definition) is 6. The molecule has 0 aromatic heterocycles. The van der Waals surface area contributed by atoms with Crippen molar-refractivity contribution in [3.05, 3.63) is 53.6 Å². The number of carbonyl (C=O) groups excluding carboxylic acids is 1. The number of hydrogen-bond donors (Lipinski definition) is 4. The fourth-order valence-corrected chi connectivity index (χ4v) is 2.76. The minimum absolute atomic E-state index is 0.120. The number of carboxylic acid groups (broad SMARTS) is 1. The SMILES string of the molecule is CC(=O)Nc1ccc(NN=Cc2ccccc2S(=O)(=O)O)c(C(=O)O)c1. The van der Waals surface area contributed by atoms with E-state index in [1.165, 1.54) is 43.3 Å². The largest absolute Gasteiger partial charge is 0.478 e. The zero-order valence-electron chi connectivity index (χ0n) is 13.5. The Morgan fingerprint density at radius 3 is 2.46 bits per heavy atom. The second-order valence-corrected chi connectivity index (χ2v) is 6.52. The highest BCUT2D eigenvalue weighted by Crippen LogP contribution is 2.21. The van der Waals surface area contributed by atoms with E-state index in [9.17, 15) is 27.7 Å². The Labute approximate surface area is 149 Å². The van der Waals surface area contributed by atoms with Crippen LogP contribution in [0.5, 0.6) is 0 Å². The molecule has 0 saturated heterocycles. The van der Waals surface area contributed by atoms with Crippen molar-refractivity contribution in [2.24, 2.45) is 5.10 Å². The topological polar surface area (TPSA) is 145 Å². The molecule has 1 amide bonds. The normalized spacial score (nSPS) is 11.3. The summed E-state index contributed by atoms with van der Waals surface area (Å²) in [6, 6.07) is 9.78. The molecule has 0 fully saturated rings. The van der Waals surface area contributed by atoms with Gasteiger partial charge in [0.15, 0.2) is 0 Å². The van der Waals surface area contributed by atoms with Crippen LogP contribution in [0.2, 0.25) is 0 Å². The maximum absolute atomic E-state index is 11.4. The fourth-order valence-electron chi connectivity index (χ4n) is 2.09. The highest BCUT2D eigenvalue weighted by atomic mass is 32.2. The van der Waals surface area contributed by atoms with E-state index in [1.807, 2.05) is 0 Å². The molecule has 26 heavy (non-hydrogen) atoms. The van der Waals surface area contributed by atoms with Gasteiger partial charge in [0.25, 0.3) is 10.1 Å². The molecule has 2 rings (SSSR count). The van der Waals surface area contributed by atoms with Gasteiger partial charge in [-0.2, -0.15) is 13.5 Å². The van der Waals surface area contributed by atoms with Crippen molar-refractivity contribution in [1.29, 1.82) is 0 Å². The number of hydrazone groups is 1. The first-order chi connectivity index (χ1) is 12.2. The molecule has 2 aromatic carbocycles. The summed E-state index contributed by atoms with van der Waals surface area (Å²) >= 11 is 0. The molecule has 2 aromatic rings. The summed E-state index contributed by atoms with van der Waals surface area (Å²) in [5.41, 5.74) is 2.92. The molecule has 0 heterocycles. The van der Waals surface area contributed by atoms with Crippen LogP contribution >= 0.6 is 0 Å². The highest BCUT2D eigenvalue weighted by Gasteiger charge is 2.14. The maximum atomic E-state index is 11.4. The number of carboxylic acids is 1. The summed E-state index contributed by atoms with van der Waals surface area (Å²) < 4.78 is 31.8. The summed E-state index contributed by atoms with van der Waals surface area (Å²) in [6.07, 6.45) is 1.14. The molecule has 0 saturated carbocycles. The van der Waals surface area contributed by atoms with E-state index < -0.39 is 16.1 Å². The summed E-state index contributed by atoms with van der Waals surface area (Å²) in [7, 11) is -4.42. The molecular formula is C16H15N3O6S. The molecule has 10 heteroatoms. The lowest BCUT2D eigenvalue weighted by Gasteiger charge is -2.08. The Bertz CT molecular complexity index is 985.